The van der Waals surface area contributed by atoms with Crippen LogP contribution >= 0.6 is 0 Å². The standard InChI is InChI=1S/C21H19N3O5/c1-16(25)23-18-5-4-6-20(15-18)29-14-3-2-13-22-21(26)12-9-17-7-10-19(11-8-17)24(27)28/h4-12,15H,13-14H2,1H3,(H,22,26)(H,23,25)/b12-9+. The SMILES string of the molecule is CC(=O)Nc1cccc(OCC#CCNC(=O)/C=C/c2ccc([N+](=O)[O-])cc2)c1. The van der Waals surface area contributed by atoms with Gasteiger partial charge >= 0.3 is 0 Å². The van der Waals surface area contributed by atoms with Gasteiger partial charge in [-0.05, 0) is 35.9 Å². The topological polar surface area (TPSA) is 111 Å². The monoisotopic (exact) mass is 393 g/mol. The number of nitro groups is 1. The number of nitrogens with zero attached hydrogens (tertiary/aromatic N) is 1. The molecule has 0 aliphatic rings. The Morgan fingerprint density at radius 1 is 1.17 bits per heavy atom. The first-order valence-corrected chi connectivity index (χ1v) is 8.60. The molecule has 0 aliphatic carbocycles. The van der Waals surface area contributed by atoms with Crippen molar-refractivity contribution >= 4 is 29.3 Å². The molecule has 2 rings (SSSR count). The summed E-state index contributed by atoms with van der Waals surface area (Å²) >= 11 is 0. The van der Waals surface area contributed by atoms with Gasteiger partial charge in [0.05, 0.1) is 11.5 Å². The van der Waals surface area contributed by atoms with Crippen LogP contribution in [0.15, 0.2) is 54.6 Å². The van der Waals surface area contributed by atoms with E-state index in [0.29, 0.717) is 17.0 Å². The lowest BCUT2D eigenvalue weighted by molar-refractivity contribution is -0.384. The average Bonchev–Trinajstić information content (AvgIpc) is 2.69. The predicted molar refractivity (Wildman–Crippen MR) is 109 cm³/mol. The van der Waals surface area contributed by atoms with Crippen LogP contribution in [0.2, 0.25) is 0 Å². The first kappa shape index (κ1) is 21.2. The second-order valence-electron chi connectivity index (χ2n) is 5.75. The summed E-state index contributed by atoms with van der Waals surface area (Å²) in [5.41, 5.74) is 1.30. The number of anilines is 1. The molecule has 0 heterocycles. The minimum Gasteiger partial charge on any atom is -0.481 e. The lowest BCUT2D eigenvalue weighted by Crippen LogP contribution is -2.21. The first-order chi connectivity index (χ1) is 13.9. The Kier molecular flexibility index (Phi) is 7.96. The third-order valence-electron chi connectivity index (χ3n) is 3.47. The number of ether oxygens (including phenoxy) is 1. The molecular weight excluding hydrogens is 374 g/mol. The third kappa shape index (κ3) is 7.97. The van der Waals surface area contributed by atoms with Gasteiger partial charge in [-0.3, -0.25) is 19.7 Å². The van der Waals surface area contributed by atoms with Crippen molar-refractivity contribution in [2.45, 2.75) is 6.92 Å². The Labute approximate surface area is 167 Å². The van der Waals surface area contributed by atoms with E-state index >= 15 is 0 Å². The summed E-state index contributed by atoms with van der Waals surface area (Å²) in [6.07, 6.45) is 2.88. The first-order valence-electron chi connectivity index (χ1n) is 8.60. The smallest absolute Gasteiger partial charge is 0.269 e. The molecule has 0 bridgehead atoms. The fraction of sp³-hybridized carbons (Fsp3) is 0.143. The molecule has 8 heteroatoms. The number of amides is 2. The van der Waals surface area contributed by atoms with Crippen molar-refractivity contribution < 1.29 is 19.2 Å². The maximum absolute atomic E-state index is 11.7. The number of rotatable bonds is 7. The molecule has 0 fully saturated rings. The van der Waals surface area contributed by atoms with Crippen LogP contribution < -0.4 is 15.4 Å². The molecule has 2 N–H and O–H groups in total. The number of carbonyl (C=O) groups is 2. The fourth-order valence-corrected chi connectivity index (χ4v) is 2.17. The summed E-state index contributed by atoms with van der Waals surface area (Å²) in [6, 6.07) is 12.8. The predicted octanol–water partition coefficient (Wildman–Crippen LogP) is 2.77. The summed E-state index contributed by atoms with van der Waals surface area (Å²) in [6.45, 7) is 1.71. The Balaban J connectivity index is 1.72. The quantitative estimate of drug-likeness (QED) is 0.325. The van der Waals surface area contributed by atoms with Crippen LogP contribution in [0.5, 0.6) is 5.75 Å². The van der Waals surface area contributed by atoms with Crippen LogP contribution in [-0.4, -0.2) is 29.9 Å². The van der Waals surface area contributed by atoms with Crippen LogP contribution in [0.25, 0.3) is 6.08 Å². The Morgan fingerprint density at radius 3 is 2.62 bits per heavy atom. The summed E-state index contributed by atoms with van der Waals surface area (Å²) in [4.78, 5) is 32.9. The molecule has 2 amide bonds. The summed E-state index contributed by atoms with van der Waals surface area (Å²) < 4.78 is 5.47. The molecular formula is C21H19N3O5. The maximum atomic E-state index is 11.7. The fourth-order valence-electron chi connectivity index (χ4n) is 2.17. The van der Waals surface area contributed by atoms with Crippen molar-refractivity contribution in [1.82, 2.24) is 5.32 Å². The molecule has 148 valence electrons. The zero-order valence-corrected chi connectivity index (χ0v) is 15.7. The van der Waals surface area contributed by atoms with Gasteiger partial charge < -0.3 is 15.4 Å². The van der Waals surface area contributed by atoms with Gasteiger partial charge in [-0.2, -0.15) is 0 Å². The summed E-state index contributed by atoms with van der Waals surface area (Å²) in [5.74, 6) is 5.62. The van der Waals surface area contributed by atoms with Gasteiger partial charge in [0.15, 0.2) is 0 Å². The van der Waals surface area contributed by atoms with E-state index in [2.05, 4.69) is 22.5 Å². The number of nitro benzene ring substituents is 1. The highest BCUT2D eigenvalue weighted by molar-refractivity contribution is 5.91. The molecule has 0 aromatic heterocycles. The zero-order chi connectivity index (χ0) is 21.1. The van der Waals surface area contributed by atoms with E-state index in [-0.39, 0.29) is 30.7 Å². The molecule has 29 heavy (non-hydrogen) atoms. The minimum absolute atomic E-state index is 0.00839. The van der Waals surface area contributed by atoms with Crippen LogP contribution in [-0.2, 0) is 9.59 Å². The van der Waals surface area contributed by atoms with E-state index in [4.69, 9.17) is 4.74 Å². The van der Waals surface area contributed by atoms with Gasteiger partial charge in [0, 0.05) is 36.9 Å². The number of hydrogen-bond donors (Lipinski definition) is 2. The zero-order valence-electron chi connectivity index (χ0n) is 15.7. The molecule has 0 saturated heterocycles. The van der Waals surface area contributed by atoms with Crippen molar-refractivity contribution in [2.75, 3.05) is 18.5 Å². The highest BCUT2D eigenvalue weighted by Crippen LogP contribution is 2.17. The molecule has 2 aromatic carbocycles. The molecule has 8 nitrogen and oxygen atoms in total. The Bertz CT molecular complexity index is 972. The summed E-state index contributed by atoms with van der Waals surface area (Å²) in [7, 11) is 0. The van der Waals surface area contributed by atoms with Gasteiger partial charge in [-0.1, -0.05) is 17.9 Å². The number of benzene rings is 2. The largest absolute Gasteiger partial charge is 0.481 e. The van der Waals surface area contributed by atoms with Crippen LogP contribution in [0.3, 0.4) is 0 Å². The Hall–Kier alpha value is -4.12. The molecule has 0 saturated carbocycles. The molecule has 0 radical (unpaired) electrons. The van der Waals surface area contributed by atoms with Crippen molar-refractivity contribution in [3.05, 3.63) is 70.3 Å². The minimum atomic E-state index is -0.484. The second kappa shape index (κ2) is 10.9. The van der Waals surface area contributed by atoms with Crippen molar-refractivity contribution in [1.29, 1.82) is 0 Å². The lowest BCUT2D eigenvalue weighted by atomic mass is 10.2. The lowest BCUT2D eigenvalue weighted by Gasteiger charge is -2.05. The third-order valence-corrected chi connectivity index (χ3v) is 3.47. The van der Waals surface area contributed by atoms with E-state index in [1.54, 1.807) is 42.5 Å². The number of nitrogens with one attached hydrogen (secondary N) is 2. The van der Waals surface area contributed by atoms with E-state index in [9.17, 15) is 19.7 Å². The van der Waals surface area contributed by atoms with Crippen molar-refractivity contribution in [3.63, 3.8) is 0 Å². The molecule has 2 aromatic rings. The number of carbonyl (C=O) groups excluding carboxylic acids is 2. The molecule has 0 atom stereocenters. The number of non-ortho nitro benzene ring substituents is 1. The van der Waals surface area contributed by atoms with Gasteiger partial charge in [0.1, 0.15) is 12.4 Å². The molecule has 0 spiro atoms. The van der Waals surface area contributed by atoms with Crippen LogP contribution in [0.4, 0.5) is 11.4 Å². The van der Waals surface area contributed by atoms with Gasteiger partial charge in [-0.15, -0.1) is 0 Å². The summed E-state index contributed by atoms with van der Waals surface area (Å²) in [5, 5.41) is 15.9. The molecule has 0 aliphatic heterocycles. The second-order valence-corrected chi connectivity index (χ2v) is 5.75. The van der Waals surface area contributed by atoms with E-state index < -0.39 is 4.92 Å². The van der Waals surface area contributed by atoms with E-state index in [1.165, 1.54) is 25.1 Å². The van der Waals surface area contributed by atoms with E-state index in [1.807, 2.05) is 0 Å². The van der Waals surface area contributed by atoms with Gasteiger partial charge in [0.25, 0.3) is 5.69 Å². The normalized spacial score (nSPS) is 9.97. The Morgan fingerprint density at radius 2 is 1.93 bits per heavy atom. The van der Waals surface area contributed by atoms with E-state index in [0.717, 1.165) is 0 Å². The number of hydrogen-bond acceptors (Lipinski definition) is 5. The highest BCUT2D eigenvalue weighted by Gasteiger charge is 2.02. The van der Waals surface area contributed by atoms with Crippen molar-refractivity contribution in [2.24, 2.45) is 0 Å². The van der Waals surface area contributed by atoms with Gasteiger partial charge in [0.2, 0.25) is 11.8 Å². The highest BCUT2D eigenvalue weighted by atomic mass is 16.6. The van der Waals surface area contributed by atoms with Crippen LogP contribution in [0, 0.1) is 22.0 Å². The average molecular weight is 393 g/mol. The van der Waals surface area contributed by atoms with Crippen molar-refractivity contribution in [3.8, 4) is 17.6 Å². The molecule has 0 unspecified atom stereocenters. The van der Waals surface area contributed by atoms with Crippen LogP contribution in [0.1, 0.15) is 12.5 Å². The van der Waals surface area contributed by atoms with Gasteiger partial charge in [-0.25, -0.2) is 0 Å². The maximum Gasteiger partial charge on any atom is 0.269 e.